The van der Waals surface area contributed by atoms with E-state index in [4.69, 9.17) is 4.74 Å². The fourth-order valence-corrected chi connectivity index (χ4v) is 3.33. The predicted octanol–water partition coefficient (Wildman–Crippen LogP) is 0.881. The number of imide groups is 1. The molecule has 108 valence electrons. The molecule has 1 N–H and O–H groups in total. The van der Waals surface area contributed by atoms with E-state index in [9.17, 15) is 14.4 Å². The summed E-state index contributed by atoms with van der Waals surface area (Å²) < 4.78 is 5.79. The topological polar surface area (TPSA) is 75.7 Å². The minimum Gasteiger partial charge on any atom is -0.335 e. The maximum Gasteiger partial charge on any atom is 0.263 e. The van der Waals surface area contributed by atoms with Gasteiger partial charge < -0.3 is 10.1 Å². The van der Waals surface area contributed by atoms with Crippen LogP contribution in [0.25, 0.3) is 0 Å². The van der Waals surface area contributed by atoms with E-state index in [1.165, 1.54) is 4.90 Å². The first-order valence-corrected chi connectivity index (χ1v) is 7.07. The van der Waals surface area contributed by atoms with E-state index < -0.39 is 6.23 Å². The van der Waals surface area contributed by atoms with E-state index in [0.717, 1.165) is 6.42 Å². The lowest BCUT2D eigenvalue weighted by Crippen LogP contribution is -2.49. The molecule has 21 heavy (non-hydrogen) atoms. The summed E-state index contributed by atoms with van der Waals surface area (Å²) in [5.41, 5.74) is 0.840. The van der Waals surface area contributed by atoms with Crippen LogP contribution < -0.4 is 5.32 Å². The lowest BCUT2D eigenvalue weighted by atomic mass is 9.97. The van der Waals surface area contributed by atoms with Crippen LogP contribution in [0.5, 0.6) is 0 Å². The number of ether oxygens (including phenoxy) is 1. The van der Waals surface area contributed by atoms with Gasteiger partial charge in [0.1, 0.15) is 12.5 Å². The van der Waals surface area contributed by atoms with Crippen molar-refractivity contribution >= 4 is 17.7 Å². The Labute approximate surface area is 121 Å². The summed E-state index contributed by atoms with van der Waals surface area (Å²) in [4.78, 5) is 37.4. The molecule has 0 spiro atoms. The number of hydrogen-bond acceptors (Lipinski definition) is 4. The van der Waals surface area contributed by atoms with Crippen LogP contribution in [0, 0.1) is 5.92 Å². The highest BCUT2D eigenvalue weighted by Crippen LogP contribution is 2.34. The second-order valence-corrected chi connectivity index (χ2v) is 5.65. The van der Waals surface area contributed by atoms with Crippen molar-refractivity contribution in [2.75, 3.05) is 0 Å². The number of nitrogens with zero attached hydrogens (tertiary/aromatic N) is 1. The molecule has 0 bridgehead atoms. The number of carbonyl (C=O) groups is 3. The van der Waals surface area contributed by atoms with Gasteiger partial charge in [0.2, 0.25) is 5.91 Å². The summed E-state index contributed by atoms with van der Waals surface area (Å²) in [5.74, 6) is -0.524. The number of rotatable bonds is 1. The average Bonchev–Trinajstić information content (AvgIpc) is 2.97. The highest BCUT2D eigenvalue weighted by molar-refractivity contribution is 6.21. The Hall–Kier alpha value is -2.21. The van der Waals surface area contributed by atoms with Gasteiger partial charge in [0.15, 0.2) is 0 Å². The quantitative estimate of drug-likeness (QED) is 0.778. The fraction of sp³-hybridized carbons (Fsp3) is 0.400. The van der Waals surface area contributed by atoms with E-state index in [0.29, 0.717) is 24.0 Å². The molecule has 3 aliphatic heterocycles. The van der Waals surface area contributed by atoms with Gasteiger partial charge in [-0.3, -0.25) is 14.4 Å². The molecule has 0 aliphatic carbocycles. The molecule has 3 heterocycles. The Morgan fingerprint density at radius 2 is 1.71 bits per heavy atom. The molecule has 2 fully saturated rings. The molecule has 0 saturated carbocycles. The number of fused-ring (bicyclic) bond motifs is 2. The van der Waals surface area contributed by atoms with Crippen molar-refractivity contribution in [2.24, 2.45) is 5.92 Å². The van der Waals surface area contributed by atoms with Crippen molar-refractivity contribution in [1.82, 2.24) is 10.2 Å². The first kappa shape index (κ1) is 12.5. The summed E-state index contributed by atoms with van der Waals surface area (Å²) in [6, 6.07) is 6.78. The first-order chi connectivity index (χ1) is 10.1. The third kappa shape index (κ3) is 1.79. The Kier molecular flexibility index (Phi) is 2.62. The molecule has 3 amide bonds. The van der Waals surface area contributed by atoms with Gasteiger partial charge in [-0.05, 0) is 25.0 Å². The Morgan fingerprint density at radius 3 is 2.38 bits per heavy atom. The van der Waals surface area contributed by atoms with E-state index in [1.807, 2.05) is 0 Å². The predicted molar refractivity (Wildman–Crippen MR) is 71.1 cm³/mol. The van der Waals surface area contributed by atoms with Crippen molar-refractivity contribution in [3.8, 4) is 0 Å². The number of carbonyl (C=O) groups excluding carboxylic acids is 3. The third-order valence-electron chi connectivity index (χ3n) is 4.38. The van der Waals surface area contributed by atoms with Crippen molar-refractivity contribution < 1.29 is 19.1 Å². The van der Waals surface area contributed by atoms with Crippen LogP contribution in [0.2, 0.25) is 0 Å². The number of benzene rings is 1. The zero-order valence-corrected chi connectivity index (χ0v) is 11.2. The largest absolute Gasteiger partial charge is 0.335 e. The molecule has 1 aromatic carbocycles. The first-order valence-electron chi connectivity index (χ1n) is 7.07. The Balaban J connectivity index is 1.60. The van der Waals surface area contributed by atoms with Crippen LogP contribution in [-0.4, -0.2) is 35.1 Å². The van der Waals surface area contributed by atoms with Gasteiger partial charge in [-0.25, -0.2) is 4.90 Å². The lowest BCUT2D eigenvalue weighted by molar-refractivity contribution is -0.131. The highest BCUT2D eigenvalue weighted by atomic mass is 16.5. The second-order valence-electron chi connectivity index (χ2n) is 5.65. The monoisotopic (exact) mass is 286 g/mol. The Morgan fingerprint density at radius 1 is 1.05 bits per heavy atom. The smallest absolute Gasteiger partial charge is 0.263 e. The van der Waals surface area contributed by atoms with Crippen molar-refractivity contribution in [3.05, 3.63) is 35.4 Å². The van der Waals surface area contributed by atoms with Crippen LogP contribution >= 0.6 is 0 Å². The number of nitrogens with one attached hydrogen (secondary N) is 1. The van der Waals surface area contributed by atoms with Gasteiger partial charge in [0, 0.05) is 12.3 Å². The van der Waals surface area contributed by atoms with Crippen LogP contribution in [0.1, 0.15) is 40.0 Å². The Bertz CT molecular complexity index is 622. The summed E-state index contributed by atoms with van der Waals surface area (Å²) in [7, 11) is 0. The molecule has 4 rings (SSSR count). The van der Waals surface area contributed by atoms with Gasteiger partial charge in [-0.15, -0.1) is 0 Å². The SMILES string of the molecule is O=C1C[C@@H]2CC[C@@H](N3C(=O)c4ccccc4C3=O)O[C@@H]2N1. The molecule has 2 saturated heterocycles. The fourth-order valence-electron chi connectivity index (χ4n) is 3.33. The normalized spacial score (nSPS) is 31.1. The standard InChI is InChI=1S/C15H14N2O4/c18-11-7-8-5-6-12(21-13(8)16-11)17-14(19)9-3-1-2-4-10(9)15(17)20/h1-4,8,12-13H,5-7H2,(H,16,18)/t8-,12-,13-/m0/s1. The van der Waals surface area contributed by atoms with Gasteiger partial charge in [-0.2, -0.15) is 0 Å². The van der Waals surface area contributed by atoms with Crippen LogP contribution in [0.15, 0.2) is 24.3 Å². The summed E-state index contributed by atoms with van der Waals surface area (Å²) in [6.45, 7) is 0. The maximum atomic E-state index is 12.4. The molecular formula is C15H14N2O4. The molecule has 1 aromatic rings. The number of hydrogen-bond donors (Lipinski definition) is 1. The molecule has 0 unspecified atom stereocenters. The van der Waals surface area contributed by atoms with Crippen LogP contribution in [0.3, 0.4) is 0 Å². The van der Waals surface area contributed by atoms with Crippen LogP contribution in [-0.2, 0) is 9.53 Å². The van der Waals surface area contributed by atoms with Gasteiger partial charge >= 0.3 is 0 Å². The van der Waals surface area contributed by atoms with Gasteiger partial charge in [0.25, 0.3) is 11.8 Å². The number of amides is 3. The summed E-state index contributed by atoms with van der Waals surface area (Å²) >= 11 is 0. The molecule has 0 radical (unpaired) electrons. The third-order valence-corrected chi connectivity index (χ3v) is 4.38. The molecule has 0 aromatic heterocycles. The lowest BCUT2D eigenvalue weighted by Gasteiger charge is -2.35. The van der Waals surface area contributed by atoms with Crippen LogP contribution in [0.4, 0.5) is 0 Å². The van der Waals surface area contributed by atoms with Crippen molar-refractivity contribution in [2.45, 2.75) is 31.7 Å². The molecule has 3 aliphatic rings. The van der Waals surface area contributed by atoms with E-state index in [2.05, 4.69) is 5.32 Å². The molecule has 3 atom stereocenters. The molecule has 6 nitrogen and oxygen atoms in total. The van der Waals surface area contributed by atoms with E-state index in [-0.39, 0.29) is 29.9 Å². The zero-order valence-electron chi connectivity index (χ0n) is 11.2. The summed E-state index contributed by atoms with van der Waals surface area (Å²) in [6.07, 6.45) is 0.806. The highest BCUT2D eigenvalue weighted by Gasteiger charge is 2.46. The zero-order chi connectivity index (χ0) is 14.6. The van der Waals surface area contributed by atoms with Crippen molar-refractivity contribution in [3.63, 3.8) is 0 Å². The molecular weight excluding hydrogens is 272 g/mol. The van der Waals surface area contributed by atoms with Gasteiger partial charge in [-0.1, -0.05) is 12.1 Å². The van der Waals surface area contributed by atoms with Crippen molar-refractivity contribution in [1.29, 1.82) is 0 Å². The molecule has 6 heteroatoms. The minimum atomic E-state index is -0.600. The van der Waals surface area contributed by atoms with E-state index >= 15 is 0 Å². The maximum absolute atomic E-state index is 12.4. The van der Waals surface area contributed by atoms with E-state index in [1.54, 1.807) is 24.3 Å². The second kappa shape index (κ2) is 4.39. The average molecular weight is 286 g/mol. The summed E-state index contributed by atoms with van der Waals surface area (Å²) in [5, 5.41) is 2.75. The van der Waals surface area contributed by atoms with Gasteiger partial charge in [0.05, 0.1) is 11.1 Å². The minimum absolute atomic E-state index is 0.0342.